The Labute approximate surface area is 159 Å². The van der Waals surface area contributed by atoms with E-state index in [1.807, 2.05) is 0 Å². The van der Waals surface area contributed by atoms with Crippen LogP contribution in [0.3, 0.4) is 0 Å². The monoisotopic (exact) mass is 380 g/mol. The van der Waals surface area contributed by atoms with E-state index in [1.54, 1.807) is 12.3 Å². The Morgan fingerprint density at radius 2 is 1.96 bits per heavy atom. The molecule has 0 amide bonds. The Hall–Kier alpha value is -1.45. The lowest BCUT2D eigenvalue weighted by atomic mass is 9.68. The third-order valence-corrected chi connectivity index (χ3v) is 4.89. The Kier molecular flexibility index (Phi) is 8.10. The van der Waals surface area contributed by atoms with E-state index >= 15 is 0 Å². The number of carbonyl (C=O) groups is 1. The lowest BCUT2D eigenvalue weighted by Crippen LogP contribution is -2.41. The topological polar surface area (TPSA) is 89.0 Å². The number of hydrogen-bond donors (Lipinski definition) is 0. The molecule has 8 nitrogen and oxygen atoms in total. The van der Waals surface area contributed by atoms with Crippen molar-refractivity contribution < 1.29 is 28.5 Å². The highest BCUT2D eigenvalue weighted by atomic mass is 16.6. The van der Waals surface area contributed by atoms with E-state index < -0.39 is 0 Å². The zero-order chi connectivity index (χ0) is 18.8. The summed E-state index contributed by atoms with van der Waals surface area (Å²) in [5.74, 6) is 0.710. The standard InChI is InChI=1S/C19H28N2O6/c22-12-16-2-5-20-18(21-16)19(3-1-4-19)15-26-9-7-23-6-8-24-13-17-14-25-10-11-27-17/h2,5,12,17H,1,3-4,6-11,13-15H2/t17-/m0/s1. The van der Waals surface area contributed by atoms with E-state index in [0.717, 1.165) is 25.5 Å². The second kappa shape index (κ2) is 10.8. The molecule has 1 aromatic heterocycles. The molecule has 1 aliphatic heterocycles. The summed E-state index contributed by atoms with van der Waals surface area (Å²) >= 11 is 0. The van der Waals surface area contributed by atoms with Gasteiger partial charge in [-0.05, 0) is 18.9 Å². The van der Waals surface area contributed by atoms with E-state index in [2.05, 4.69) is 9.97 Å². The molecular weight excluding hydrogens is 352 g/mol. The minimum atomic E-state index is -0.163. The van der Waals surface area contributed by atoms with Gasteiger partial charge in [0.1, 0.15) is 17.6 Å². The van der Waals surface area contributed by atoms with Crippen molar-refractivity contribution >= 4 is 6.29 Å². The van der Waals surface area contributed by atoms with Crippen molar-refractivity contribution in [2.45, 2.75) is 30.8 Å². The lowest BCUT2D eigenvalue weighted by molar-refractivity contribution is -0.118. The lowest BCUT2D eigenvalue weighted by Gasteiger charge is -2.40. The zero-order valence-electron chi connectivity index (χ0n) is 15.6. The Morgan fingerprint density at radius 1 is 1.15 bits per heavy atom. The fraction of sp³-hybridized carbons (Fsp3) is 0.737. The normalized spacial score (nSPS) is 21.6. The molecule has 2 fully saturated rings. The van der Waals surface area contributed by atoms with Crippen LogP contribution < -0.4 is 0 Å². The summed E-state index contributed by atoms with van der Waals surface area (Å²) in [6.07, 6.45) is 5.51. The molecule has 27 heavy (non-hydrogen) atoms. The Balaban J connectivity index is 1.25. The first-order chi connectivity index (χ1) is 13.3. The van der Waals surface area contributed by atoms with Gasteiger partial charge >= 0.3 is 0 Å². The minimum absolute atomic E-state index is 0.0284. The molecule has 0 spiro atoms. The zero-order valence-corrected chi connectivity index (χ0v) is 15.6. The van der Waals surface area contributed by atoms with Crippen molar-refractivity contribution in [2.75, 3.05) is 59.5 Å². The maximum Gasteiger partial charge on any atom is 0.168 e. The van der Waals surface area contributed by atoms with Crippen LogP contribution in [0.2, 0.25) is 0 Å². The van der Waals surface area contributed by atoms with Gasteiger partial charge in [-0.3, -0.25) is 4.79 Å². The predicted octanol–water partition coefficient (Wildman–Crippen LogP) is 1.18. The highest BCUT2D eigenvalue weighted by Gasteiger charge is 2.41. The first-order valence-electron chi connectivity index (χ1n) is 9.54. The molecule has 2 heterocycles. The van der Waals surface area contributed by atoms with Gasteiger partial charge in [0.15, 0.2) is 6.29 Å². The van der Waals surface area contributed by atoms with Crippen molar-refractivity contribution in [3.63, 3.8) is 0 Å². The van der Waals surface area contributed by atoms with Crippen LogP contribution in [0.5, 0.6) is 0 Å². The van der Waals surface area contributed by atoms with Crippen molar-refractivity contribution in [3.8, 4) is 0 Å². The molecule has 2 aliphatic rings. The highest BCUT2D eigenvalue weighted by molar-refractivity contribution is 5.71. The molecule has 0 bridgehead atoms. The van der Waals surface area contributed by atoms with Gasteiger partial charge in [0.05, 0.1) is 64.9 Å². The average Bonchev–Trinajstić information content (AvgIpc) is 2.69. The highest BCUT2D eigenvalue weighted by Crippen LogP contribution is 2.42. The number of aldehydes is 1. The van der Waals surface area contributed by atoms with Gasteiger partial charge in [0.2, 0.25) is 0 Å². The first-order valence-corrected chi connectivity index (χ1v) is 9.54. The van der Waals surface area contributed by atoms with Crippen LogP contribution in [0, 0.1) is 0 Å². The van der Waals surface area contributed by atoms with Crippen LogP contribution >= 0.6 is 0 Å². The number of nitrogens with zero attached hydrogens (tertiary/aromatic N) is 2. The first kappa shape index (κ1) is 20.3. The Morgan fingerprint density at radius 3 is 2.67 bits per heavy atom. The maximum absolute atomic E-state index is 10.9. The molecule has 1 saturated heterocycles. The smallest absolute Gasteiger partial charge is 0.168 e. The van der Waals surface area contributed by atoms with Crippen molar-refractivity contribution in [1.82, 2.24) is 9.97 Å². The molecule has 0 radical (unpaired) electrons. The summed E-state index contributed by atoms with van der Waals surface area (Å²) < 4.78 is 27.7. The van der Waals surface area contributed by atoms with Crippen molar-refractivity contribution in [3.05, 3.63) is 23.8 Å². The van der Waals surface area contributed by atoms with E-state index in [-0.39, 0.29) is 11.5 Å². The van der Waals surface area contributed by atoms with E-state index in [4.69, 9.17) is 23.7 Å². The molecular formula is C19H28N2O6. The van der Waals surface area contributed by atoms with Gasteiger partial charge in [0.25, 0.3) is 0 Å². The molecule has 150 valence electrons. The molecule has 0 unspecified atom stereocenters. The second-order valence-corrected chi connectivity index (χ2v) is 6.86. The van der Waals surface area contributed by atoms with Crippen LogP contribution in [-0.4, -0.2) is 81.8 Å². The number of rotatable bonds is 12. The van der Waals surface area contributed by atoms with Gasteiger partial charge in [-0.1, -0.05) is 6.42 Å². The fourth-order valence-corrected chi connectivity index (χ4v) is 3.18. The van der Waals surface area contributed by atoms with Crippen LogP contribution in [0.15, 0.2) is 12.3 Å². The Bertz CT molecular complexity index is 575. The van der Waals surface area contributed by atoms with E-state index in [9.17, 15) is 4.79 Å². The third-order valence-electron chi connectivity index (χ3n) is 4.89. The molecule has 1 atom stereocenters. The molecule has 0 N–H and O–H groups in total. The van der Waals surface area contributed by atoms with Crippen LogP contribution in [0.25, 0.3) is 0 Å². The summed E-state index contributed by atoms with van der Waals surface area (Å²) in [4.78, 5) is 19.6. The van der Waals surface area contributed by atoms with Gasteiger partial charge in [-0.15, -0.1) is 0 Å². The van der Waals surface area contributed by atoms with E-state index in [1.165, 1.54) is 0 Å². The summed E-state index contributed by atoms with van der Waals surface area (Å²) in [5, 5.41) is 0. The molecule has 3 rings (SSSR count). The number of hydrogen-bond acceptors (Lipinski definition) is 8. The fourth-order valence-electron chi connectivity index (χ4n) is 3.18. The molecule has 1 saturated carbocycles. The third kappa shape index (κ3) is 6.02. The van der Waals surface area contributed by atoms with Crippen molar-refractivity contribution in [2.24, 2.45) is 0 Å². The maximum atomic E-state index is 10.9. The van der Waals surface area contributed by atoms with E-state index in [0.29, 0.717) is 71.0 Å². The summed E-state index contributed by atoms with van der Waals surface area (Å²) in [6, 6.07) is 1.62. The molecule has 1 aliphatic carbocycles. The van der Waals surface area contributed by atoms with Gasteiger partial charge in [-0.25, -0.2) is 9.97 Å². The number of carbonyl (C=O) groups excluding carboxylic acids is 1. The summed E-state index contributed by atoms with van der Waals surface area (Å²) in [5.41, 5.74) is 0.254. The number of aromatic nitrogens is 2. The average molecular weight is 380 g/mol. The predicted molar refractivity (Wildman–Crippen MR) is 96.0 cm³/mol. The minimum Gasteiger partial charge on any atom is -0.378 e. The molecule has 8 heteroatoms. The molecule has 0 aromatic carbocycles. The quantitative estimate of drug-likeness (QED) is 0.394. The van der Waals surface area contributed by atoms with Crippen LogP contribution in [0.4, 0.5) is 0 Å². The van der Waals surface area contributed by atoms with Crippen LogP contribution in [0.1, 0.15) is 35.6 Å². The SMILES string of the molecule is O=Cc1ccnc(C2(COCCOCCOC[C@H]3COCCO3)CCC2)n1. The van der Waals surface area contributed by atoms with Crippen LogP contribution in [-0.2, 0) is 29.1 Å². The van der Waals surface area contributed by atoms with Gasteiger partial charge in [0, 0.05) is 6.20 Å². The second-order valence-electron chi connectivity index (χ2n) is 6.86. The largest absolute Gasteiger partial charge is 0.378 e. The van der Waals surface area contributed by atoms with Gasteiger partial charge in [-0.2, -0.15) is 0 Å². The van der Waals surface area contributed by atoms with Crippen molar-refractivity contribution in [1.29, 1.82) is 0 Å². The summed E-state index contributed by atoms with van der Waals surface area (Å²) in [7, 11) is 0. The van der Waals surface area contributed by atoms with Gasteiger partial charge < -0.3 is 23.7 Å². The molecule has 1 aromatic rings. The summed E-state index contributed by atoms with van der Waals surface area (Å²) in [6.45, 7) is 5.03. The number of ether oxygens (including phenoxy) is 5.